The third-order valence-electron chi connectivity index (χ3n) is 8.97. The molecule has 11 nitrogen and oxygen atoms in total. The zero-order valence-electron chi connectivity index (χ0n) is 25.7. The molecule has 5 aliphatic rings. The molecule has 4 aliphatic carbocycles. The van der Waals surface area contributed by atoms with Crippen LogP contribution >= 0.6 is 11.3 Å². The molecule has 43 heavy (non-hydrogen) atoms. The number of guanidine groups is 1. The van der Waals surface area contributed by atoms with Crippen molar-refractivity contribution in [3.05, 3.63) is 21.9 Å². The average Bonchev–Trinajstić information content (AvgIpc) is 3.41. The zero-order valence-corrected chi connectivity index (χ0v) is 26.5. The molecule has 1 aromatic heterocycles. The van der Waals surface area contributed by atoms with Crippen molar-refractivity contribution in [3.63, 3.8) is 0 Å². The summed E-state index contributed by atoms with van der Waals surface area (Å²) in [5.41, 5.74) is -1.25. The summed E-state index contributed by atoms with van der Waals surface area (Å²) in [7, 11) is 1.34. The Bertz CT molecular complexity index is 1220. The summed E-state index contributed by atoms with van der Waals surface area (Å²) in [4.78, 5) is 60.0. The predicted octanol–water partition coefficient (Wildman–Crippen LogP) is 3.62. The van der Waals surface area contributed by atoms with Crippen LogP contribution in [0, 0.1) is 17.8 Å². The van der Waals surface area contributed by atoms with Crippen molar-refractivity contribution in [1.29, 1.82) is 0 Å². The lowest BCUT2D eigenvalue weighted by molar-refractivity contribution is -0.168. The van der Waals surface area contributed by atoms with Gasteiger partial charge in [0.25, 0.3) is 5.91 Å². The van der Waals surface area contributed by atoms with Crippen molar-refractivity contribution in [2.45, 2.75) is 95.7 Å². The molecule has 0 saturated heterocycles. The maximum atomic E-state index is 13.7. The van der Waals surface area contributed by atoms with Crippen LogP contribution in [-0.4, -0.2) is 78.7 Å². The van der Waals surface area contributed by atoms with Gasteiger partial charge in [-0.3, -0.25) is 24.8 Å². The van der Waals surface area contributed by atoms with E-state index in [1.54, 1.807) is 31.7 Å². The van der Waals surface area contributed by atoms with Crippen molar-refractivity contribution < 1.29 is 28.7 Å². The fourth-order valence-electron chi connectivity index (χ4n) is 7.72. The van der Waals surface area contributed by atoms with Crippen molar-refractivity contribution in [3.8, 4) is 0 Å². The highest BCUT2D eigenvalue weighted by Crippen LogP contribution is 2.58. The van der Waals surface area contributed by atoms with Crippen molar-refractivity contribution in [2.75, 3.05) is 26.7 Å². The summed E-state index contributed by atoms with van der Waals surface area (Å²) in [6.07, 6.45) is 7.19. The molecular formula is C31H45N5O6S. The number of rotatable bonds is 9. The van der Waals surface area contributed by atoms with E-state index >= 15 is 0 Å². The third-order valence-corrected chi connectivity index (χ3v) is 10.1. The van der Waals surface area contributed by atoms with Gasteiger partial charge in [-0.25, -0.2) is 9.59 Å². The van der Waals surface area contributed by atoms with Crippen LogP contribution in [0.2, 0.25) is 0 Å². The Kier molecular flexibility index (Phi) is 9.34. The second-order valence-electron chi connectivity index (χ2n) is 13.6. The van der Waals surface area contributed by atoms with Crippen LogP contribution in [0.1, 0.15) is 86.7 Å². The van der Waals surface area contributed by atoms with Crippen LogP contribution in [0.25, 0.3) is 0 Å². The monoisotopic (exact) mass is 615 g/mol. The van der Waals surface area contributed by atoms with Gasteiger partial charge in [-0.15, -0.1) is 11.3 Å². The summed E-state index contributed by atoms with van der Waals surface area (Å²) in [5.74, 6) is 1.08. The van der Waals surface area contributed by atoms with Gasteiger partial charge >= 0.3 is 12.1 Å². The number of nitrogens with zero attached hydrogens (tertiary/aromatic N) is 2. The van der Waals surface area contributed by atoms with E-state index in [1.807, 2.05) is 6.07 Å². The number of hydrogen-bond acceptors (Lipinski definition) is 9. The van der Waals surface area contributed by atoms with E-state index in [-0.39, 0.29) is 24.8 Å². The lowest BCUT2D eigenvalue weighted by Crippen LogP contribution is -2.67. The number of carbonyl (C=O) groups is 4. The number of thiophene rings is 1. The molecule has 4 fully saturated rings. The molecule has 0 unspecified atom stereocenters. The van der Waals surface area contributed by atoms with Gasteiger partial charge in [-0.1, -0.05) is 0 Å². The number of hydrogen-bond donors (Lipinski definition) is 3. The predicted molar refractivity (Wildman–Crippen MR) is 163 cm³/mol. The molecule has 0 spiro atoms. The van der Waals surface area contributed by atoms with Crippen LogP contribution in [0.15, 0.2) is 17.1 Å². The Morgan fingerprint density at radius 2 is 1.79 bits per heavy atom. The zero-order chi connectivity index (χ0) is 30.8. The van der Waals surface area contributed by atoms with Crippen LogP contribution < -0.4 is 16.0 Å². The van der Waals surface area contributed by atoms with Crippen LogP contribution in [0.3, 0.4) is 0 Å². The Balaban J connectivity index is 1.27. The Morgan fingerprint density at radius 1 is 1.12 bits per heavy atom. The van der Waals surface area contributed by atoms with Gasteiger partial charge in [-0.05, 0) is 102 Å². The van der Waals surface area contributed by atoms with Gasteiger partial charge in [0, 0.05) is 36.5 Å². The molecule has 6 rings (SSSR count). The van der Waals surface area contributed by atoms with E-state index in [4.69, 9.17) is 9.47 Å². The summed E-state index contributed by atoms with van der Waals surface area (Å²) in [5, 5.41) is 8.76. The number of esters is 1. The standard InChI is InChI=1S/C31H45N5O6S/c1-30(2,3)42-27(39)23(36(29(40)41-4)31-15-19-12-20(16-31)14-21(13-19)17-31)18-34-26(38)24-8-6-22(43-24)7-9-25(37)35-28-32-10-5-11-33-28/h6,8,19-21,23H,5,7,9-18H2,1-4H3,(H,34,38)(H2,32,33,35,37)/t19?,20?,21?,23-,31?/m0/s1. The average molecular weight is 616 g/mol. The first-order valence-corrected chi connectivity index (χ1v) is 16.3. The second-order valence-corrected chi connectivity index (χ2v) is 14.7. The molecule has 4 bridgehead atoms. The molecule has 0 radical (unpaired) electrons. The Morgan fingerprint density at radius 3 is 2.37 bits per heavy atom. The van der Waals surface area contributed by atoms with E-state index in [9.17, 15) is 19.2 Å². The molecule has 1 atom stereocenters. The molecular weight excluding hydrogens is 570 g/mol. The number of aliphatic imine (C=N–C) groups is 1. The topological polar surface area (TPSA) is 138 Å². The maximum Gasteiger partial charge on any atom is 0.410 e. The molecule has 0 aromatic carbocycles. The summed E-state index contributed by atoms with van der Waals surface area (Å²) in [6, 6.07) is 2.54. The van der Waals surface area contributed by atoms with Gasteiger partial charge in [-0.2, -0.15) is 0 Å². The Labute approximate surface area is 257 Å². The highest BCUT2D eigenvalue weighted by Gasteiger charge is 2.57. The normalized spacial score (nSPS) is 26.5. The highest BCUT2D eigenvalue weighted by molar-refractivity contribution is 7.14. The fourth-order valence-corrected chi connectivity index (χ4v) is 8.64. The molecule has 4 saturated carbocycles. The fraction of sp³-hybridized carbons (Fsp3) is 0.710. The number of carbonyl (C=O) groups excluding carboxylic acids is 4. The first kappa shape index (κ1) is 31.3. The quantitative estimate of drug-likeness (QED) is 0.361. The molecule has 236 valence electrons. The van der Waals surface area contributed by atoms with Gasteiger partial charge < -0.3 is 20.1 Å². The van der Waals surface area contributed by atoms with E-state index in [0.29, 0.717) is 41.6 Å². The molecule has 2 heterocycles. The number of amides is 3. The number of ether oxygens (including phenoxy) is 2. The smallest absolute Gasteiger partial charge is 0.410 e. The SMILES string of the molecule is COC(=O)N([C@@H](CNC(=O)c1ccc(CCC(=O)NC2=NCCCN2)s1)C(=O)OC(C)(C)C)C12CC3CC(CC(C3)C1)C2. The van der Waals surface area contributed by atoms with E-state index < -0.39 is 29.2 Å². The first-order chi connectivity index (χ1) is 20.4. The minimum absolute atomic E-state index is 0.0879. The second kappa shape index (κ2) is 12.8. The van der Waals surface area contributed by atoms with Crippen molar-refractivity contribution in [2.24, 2.45) is 22.7 Å². The van der Waals surface area contributed by atoms with Gasteiger partial charge in [0.15, 0.2) is 12.0 Å². The molecule has 3 N–H and O–H groups in total. The lowest BCUT2D eigenvalue weighted by atomic mass is 9.52. The van der Waals surface area contributed by atoms with Crippen molar-refractivity contribution in [1.82, 2.24) is 20.9 Å². The number of methoxy groups -OCH3 is 1. The van der Waals surface area contributed by atoms with E-state index in [1.165, 1.54) is 37.7 Å². The summed E-state index contributed by atoms with van der Waals surface area (Å²) in [6.45, 7) is 6.77. The highest BCUT2D eigenvalue weighted by atomic mass is 32.1. The minimum atomic E-state index is -1.02. The molecule has 12 heteroatoms. The largest absolute Gasteiger partial charge is 0.458 e. The Hall–Kier alpha value is -3.15. The van der Waals surface area contributed by atoms with E-state index in [0.717, 1.165) is 37.1 Å². The summed E-state index contributed by atoms with van der Waals surface area (Å²) >= 11 is 1.31. The molecule has 1 aromatic rings. The van der Waals surface area contributed by atoms with Gasteiger partial charge in [0.2, 0.25) is 5.91 Å². The third kappa shape index (κ3) is 7.50. The van der Waals surface area contributed by atoms with Crippen LogP contribution in [0.4, 0.5) is 4.79 Å². The van der Waals surface area contributed by atoms with Gasteiger partial charge in [0.1, 0.15) is 5.60 Å². The minimum Gasteiger partial charge on any atom is -0.458 e. The van der Waals surface area contributed by atoms with Gasteiger partial charge in [0.05, 0.1) is 12.0 Å². The maximum absolute atomic E-state index is 13.7. The first-order valence-electron chi connectivity index (χ1n) is 15.5. The van der Waals surface area contributed by atoms with E-state index in [2.05, 4.69) is 20.9 Å². The lowest BCUT2D eigenvalue weighted by Gasteiger charge is -2.60. The number of aryl methyl sites for hydroxylation is 1. The van der Waals surface area contributed by atoms with Crippen molar-refractivity contribution >= 4 is 41.2 Å². The number of nitrogens with one attached hydrogen (secondary N) is 3. The molecule has 1 aliphatic heterocycles. The summed E-state index contributed by atoms with van der Waals surface area (Å²) < 4.78 is 11.1. The van der Waals surface area contributed by atoms with Crippen LogP contribution in [0.5, 0.6) is 0 Å². The molecule has 3 amide bonds. The van der Waals surface area contributed by atoms with Crippen LogP contribution in [-0.2, 0) is 25.5 Å².